The third-order valence-corrected chi connectivity index (χ3v) is 5.73. The summed E-state index contributed by atoms with van der Waals surface area (Å²) in [6, 6.07) is 13.0. The van der Waals surface area contributed by atoms with Gasteiger partial charge in [0.25, 0.3) is 0 Å². The first-order chi connectivity index (χ1) is 9.66. The zero-order valence-electron chi connectivity index (χ0n) is 11.6. The fourth-order valence-electron chi connectivity index (χ4n) is 2.96. The van der Waals surface area contributed by atoms with Crippen molar-refractivity contribution >= 4 is 27.5 Å². The molecule has 0 saturated carbocycles. The SMILES string of the molecule is Cc1cccc(C(Cl)c2ccc3c(c2)CCCC3)c1Br. The van der Waals surface area contributed by atoms with Crippen molar-refractivity contribution in [1.29, 1.82) is 0 Å². The van der Waals surface area contributed by atoms with Crippen LogP contribution in [0.2, 0.25) is 0 Å². The minimum atomic E-state index is -0.0866. The molecule has 0 radical (unpaired) electrons. The van der Waals surface area contributed by atoms with Crippen LogP contribution >= 0.6 is 27.5 Å². The average molecular weight is 350 g/mol. The van der Waals surface area contributed by atoms with Crippen LogP contribution in [-0.4, -0.2) is 0 Å². The summed E-state index contributed by atoms with van der Waals surface area (Å²) >= 11 is 10.4. The second-order valence-electron chi connectivity index (χ2n) is 5.58. The Bertz CT molecular complexity index is 633. The van der Waals surface area contributed by atoms with E-state index >= 15 is 0 Å². The van der Waals surface area contributed by atoms with Crippen LogP contribution in [0.25, 0.3) is 0 Å². The highest BCUT2D eigenvalue weighted by Gasteiger charge is 2.17. The van der Waals surface area contributed by atoms with Gasteiger partial charge in [-0.15, -0.1) is 11.6 Å². The molecule has 1 aliphatic carbocycles. The molecule has 3 rings (SSSR count). The maximum Gasteiger partial charge on any atom is 0.0846 e. The number of hydrogen-bond acceptors (Lipinski definition) is 0. The quantitative estimate of drug-likeness (QED) is 0.586. The van der Waals surface area contributed by atoms with E-state index in [4.69, 9.17) is 11.6 Å². The molecule has 104 valence electrons. The van der Waals surface area contributed by atoms with Gasteiger partial charge < -0.3 is 0 Å². The first-order valence-corrected chi connectivity index (χ1v) is 8.40. The zero-order chi connectivity index (χ0) is 14.1. The van der Waals surface area contributed by atoms with Crippen molar-refractivity contribution in [2.75, 3.05) is 0 Å². The molecule has 0 N–H and O–H groups in total. The Hall–Kier alpha value is -0.790. The van der Waals surface area contributed by atoms with E-state index in [2.05, 4.69) is 59.3 Å². The second kappa shape index (κ2) is 5.91. The summed E-state index contributed by atoms with van der Waals surface area (Å²) in [6.07, 6.45) is 5.04. The molecule has 0 amide bonds. The van der Waals surface area contributed by atoms with Crippen molar-refractivity contribution in [3.05, 3.63) is 68.7 Å². The minimum Gasteiger partial charge on any atom is -0.113 e. The van der Waals surface area contributed by atoms with Gasteiger partial charge in [-0.3, -0.25) is 0 Å². The Morgan fingerprint density at radius 1 is 1.05 bits per heavy atom. The van der Waals surface area contributed by atoms with Crippen molar-refractivity contribution in [2.45, 2.75) is 38.0 Å². The number of benzene rings is 2. The van der Waals surface area contributed by atoms with Crippen molar-refractivity contribution < 1.29 is 0 Å². The Morgan fingerprint density at radius 3 is 2.60 bits per heavy atom. The molecule has 1 aliphatic rings. The lowest BCUT2D eigenvalue weighted by atomic mass is 9.89. The van der Waals surface area contributed by atoms with E-state index in [0.29, 0.717) is 0 Å². The maximum absolute atomic E-state index is 6.72. The van der Waals surface area contributed by atoms with Crippen LogP contribution in [-0.2, 0) is 12.8 Å². The van der Waals surface area contributed by atoms with E-state index in [1.807, 2.05) is 0 Å². The predicted octanol–water partition coefficient (Wildman–Crippen LogP) is 5.96. The molecule has 20 heavy (non-hydrogen) atoms. The largest absolute Gasteiger partial charge is 0.113 e. The van der Waals surface area contributed by atoms with Crippen LogP contribution in [0.4, 0.5) is 0 Å². The number of halogens is 2. The Morgan fingerprint density at radius 2 is 1.80 bits per heavy atom. The van der Waals surface area contributed by atoms with Gasteiger partial charge in [0, 0.05) is 4.47 Å². The third kappa shape index (κ3) is 2.66. The predicted molar refractivity (Wildman–Crippen MR) is 89.7 cm³/mol. The van der Waals surface area contributed by atoms with Crippen molar-refractivity contribution in [1.82, 2.24) is 0 Å². The molecule has 1 atom stereocenters. The summed E-state index contributed by atoms with van der Waals surface area (Å²) < 4.78 is 1.12. The molecule has 2 aromatic rings. The van der Waals surface area contributed by atoms with E-state index in [9.17, 15) is 0 Å². The highest BCUT2D eigenvalue weighted by Crippen LogP contribution is 2.36. The summed E-state index contributed by atoms with van der Waals surface area (Å²) in [6.45, 7) is 2.10. The van der Waals surface area contributed by atoms with Gasteiger partial charge >= 0.3 is 0 Å². The summed E-state index contributed by atoms with van der Waals surface area (Å²) in [5.41, 5.74) is 6.59. The van der Waals surface area contributed by atoms with Gasteiger partial charge in [-0.05, 0) is 60.4 Å². The molecule has 0 aromatic heterocycles. The van der Waals surface area contributed by atoms with E-state index in [0.717, 1.165) is 10.0 Å². The molecule has 2 heteroatoms. The second-order valence-corrected chi connectivity index (χ2v) is 6.81. The molecule has 0 heterocycles. The van der Waals surface area contributed by atoms with E-state index in [1.54, 1.807) is 0 Å². The molecule has 0 aliphatic heterocycles. The van der Waals surface area contributed by atoms with Crippen LogP contribution in [0, 0.1) is 6.92 Å². The van der Waals surface area contributed by atoms with Crippen LogP contribution in [0.3, 0.4) is 0 Å². The van der Waals surface area contributed by atoms with Gasteiger partial charge in [-0.1, -0.05) is 52.3 Å². The molecule has 0 bridgehead atoms. The smallest absolute Gasteiger partial charge is 0.0846 e. The Labute approximate surface area is 134 Å². The van der Waals surface area contributed by atoms with Gasteiger partial charge in [-0.25, -0.2) is 0 Å². The monoisotopic (exact) mass is 348 g/mol. The summed E-state index contributed by atoms with van der Waals surface area (Å²) in [4.78, 5) is 0. The molecular weight excluding hydrogens is 332 g/mol. The molecular formula is C18H18BrCl. The fraction of sp³-hybridized carbons (Fsp3) is 0.333. The zero-order valence-corrected chi connectivity index (χ0v) is 14.0. The van der Waals surface area contributed by atoms with Gasteiger partial charge in [0.15, 0.2) is 0 Å². The van der Waals surface area contributed by atoms with Crippen molar-refractivity contribution in [3.8, 4) is 0 Å². The normalized spacial score (nSPS) is 15.8. The van der Waals surface area contributed by atoms with Crippen molar-refractivity contribution in [3.63, 3.8) is 0 Å². The third-order valence-electron chi connectivity index (χ3n) is 4.16. The standard InChI is InChI=1S/C18H18BrCl/c1-12-5-4-8-16(17(12)19)18(20)15-10-9-13-6-2-3-7-14(13)11-15/h4-5,8-11,18H,2-3,6-7H2,1H3. The molecule has 0 fully saturated rings. The summed E-state index contributed by atoms with van der Waals surface area (Å²) in [7, 11) is 0. The molecule has 0 spiro atoms. The van der Waals surface area contributed by atoms with Crippen LogP contribution < -0.4 is 0 Å². The number of rotatable bonds is 2. The number of fused-ring (bicyclic) bond motifs is 1. The fourth-order valence-corrected chi connectivity index (χ4v) is 3.90. The minimum absolute atomic E-state index is 0.0866. The van der Waals surface area contributed by atoms with Gasteiger partial charge in [0.1, 0.15) is 0 Å². The maximum atomic E-state index is 6.72. The number of aryl methyl sites for hydroxylation is 3. The highest BCUT2D eigenvalue weighted by molar-refractivity contribution is 9.10. The lowest BCUT2D eigenvalue weighted by molar-refractivity contribution is 0.684. The van der Waals surface area contributed by atoms with Crippen LogP contribution in [0.5, 0.6) is 0 Å². The molecule has 0 saturated heterocycles. The van der Waals surface area contributed by atoms with Crippen LogP contribution in [0.1, 0.15) is 46.0 Å². The van der Waals surface area contributed by atoms with Crippen LogP contribution in [0.15, 0.2) is 40.9 Å². The number of alkyl halides is 1. The Balaban J connectivity index is 1.98. The van der Waals surface area contributed by atoms with E-state index in [-0.39, 0.29) is 5.38 Å². The molecule has 2 aromatic carbocycles. The van der Waals surface area contributed by atoms with Gasteiger partial charge in [0.2, 0.25) is 0 Å². The number of hydrogen-bond donors (Lipinski definition) is 0. The van der Waals surface area contributed by atoms with Gasteiger partial charge in [-0.2, -0.15) is 0 Å². The van der Waals surface area contributed by atoms with Gasteiger partial charge in [0.05, 0.1) is 5.38 Å². The lowest BCUT2D eigenvalue weighted by Crippen LogP contribution is -2.04. The molecule has 1 unspecified atom stereocenters. The first kappa shape index (κ1) is 14.2. The summed E-state index contributed by atoms with van der Waals surface area (Å²) in [5, 5.41) is -0.0866. The topological polar surface area (TPSA) is 0 Å². The summed E-state index contributed by atoms with van der Waals surface area (Å²) in [5.74, 6) is 0. The average Bonchev–Trinajstić information content (AvgIpc) is 2.49. The molecule has 0 nitrogen and oxygen atoms in total. The van der Waals surface area contributed by atoms with E-state index < -0.39 is 0 Å². The highest BCUT2D eigenvalue weighted by atomic mass is 79.9. The van der Waals surface area contributed by atoms with E-state index in [1.165, 1.54) is 47.9 Å². The lowest BCUT2D eigenvalue weighted by Gasteiger charge is -2.19. The Kier molecular flexibility index (Phi) is 4.18. The van der Waals surface area contributed by atoms with Crippen molar-refractivity contribution in [2.24, 2.45) is 0 Å². The first-order valence-electron chi connectivity index (χ1n) is 7.17.